The maximum atomic E-state index is 12.0. The number of carbonyl (C=O) groups is 1. The van der Waals surface area contributed by atoms with Gasteiger partial charge in [0.25, 0.3) is 0 Å². The molecule has 1 aromatic rings. The van der Waals surface area contributed by atoms with Crippen LogP contribution in [0.15, 0.2) is 18.2 Å². The highest BCUT2D eigenvalue weighted by Gasteiger charge is 2.18. The van der Waals surface area contributed by atoms with Gasteiger partial charge in [0, 0.05) is 44.2 Å². The first kappa shape index (κ1) is 13.7. The molecule has 0 atom stereocenters. The minimum absolute atomic E-state index is 0.183. The van der Waals surface area contributed by atoms with E-state index in [4.69, 9.17) is 9.47 Å². The molecule has 104 valence electrons. The van der Waals surface area contributed by atoms with Crippen molar-refractivity contribution in [2.24, 2.45) is 0 Å². The number of methoxy groups -OCH3 is 2. The Morgan fingerprint density at radius 1 is 1.26 bits per heavy atom. The average Bonchev–Trinajstić information content (AvgIpc) is 2.64. The SMILES string of the molecule is COc1ccc(CN2CCNCCC2=O)c(OC)c1. The van der Waals surface area contributed by atoms with Crippen molar-refractivity contribution in [1.29, 1.82) is 0 Å². The number of nitrogens with zero attached hydrogens (tertiary/aromatic N) is 1. The number of nitrogens with one attached hydrogen (secondary N) is 1. The standard InChI is InChI=1S/C14H20N2O3/c1-18-12-4-3-11(13(9-12)19-2)10-16-8-7-15-6-5-14(16)17/h3-4,9,15H,5-8,10H2,1-2H3. The van der Waals surface area contributed by atoms with Crippen LogP contribution in [-0.4, -0.2) is 44.7 Å². The van der Waals surface area contributed by atoms with Crippen molar-refractivity contribution in [2.75, 3.05) is 33.9 Å². The lowest BCUT2D eigenvalue weighted by atomic mass is 10.1. The molecular formula is C14H20N2O3. The van der Waals surface area contributed by atoms with E-state index >= 15 is 0 Å². The summed E-state index contributed by atoms with van der Waals surface area (Å²) in [5.41, 5.74) is 0.999. The van der Waals surface area contributed by atoms with Crippen molar-refractivity contribution < 1.29 is 14.3 Å². The molecule has 0 bridgehead atoms. The Morgan fingerprint density at radius 3 is 2.84 bits per heavy atom. The van der Waals surface area contributed by atoms with Crippen molar-refractivity contribution >= 4 is 5.91 Å². The predicted octanol–water partition coefficient (Wildman–Crippen LogP) is 1.03. The van der Waals surface area contributed by atoms with Gasteiger partial charge in [-0.2, -0.15) is 0 Å². The van der Waals surface area contributed by atoms with Crippen LogP contribution >= 0.6 is 0 Å². The summed E-state index contributed by atoms with van der Waals surface area (Å²) in [7, 11) is 3.25. The van der Waals surface area contributed by atoms with E-state index in [1.165, 1.54) is 0 Å². The zero-order valence-electron chi connectivity index (χ0n) is 11.4. The molecule has 1 aliphatic rings. The molecule has 0 spiro atoms. The summed E-state index contributed by atoms with van der Waals surface area (Å²) >= 11 is 0. The summed E-state index contributed by atoms with van der Waals surface area (Å²) in [5.74, 6) is 1.69. The van der Waals surface area contributed by atoms with Crippen LogP contribution in [0.25, 0.3) is 0 Å². The van der Waals surface area contributed by atoms with E-state index < -0.39 is 0 Å². The molecule has 0 aromatic heterocycles. The number of benzene rings is 1. The summed E-state index contributed by atoms with van der Waals surface area (Å²) < 4.78 is 10.5. The molecule has 1 saturated heterocycles. The zero-order chi connectivity index (χ0) is 13.7. The third-order valence-electron chi connectivity index (χ3n) is 3.28. The molecule has 1 heterocycles. The summed E-state index contributed by atoms with van der Waals surface area (Å²) in [6, 6.07) is 5.68. The van der Waals surface area contributed by atoms with Gasteiger partial charge < -0.3 is 19.7 Å². The monoisotopic (exact) mass is 264 g/mol. The van der Waals surface area contributed by atoms with Crippen LogP contribution in [0.2, 0.25) is 0 Å². The Hall–Kier alpha value is -1.75. The Labute approximate surface area is 113 Å². The Morgan fingerprint density at radius 2 is 2.11 bits per heavy atom. The van der Waals surface area contributed by atoms with Gasteiger partial charge in [-0.05, 0) is 12.1 Å². The average molecular weight is 264 g/mol. The van der Waals surface area contributed by atoms with Gasteiger partial charge in [0.15, 0.2) is 0 Å². The third-order valence-corrected chi connectivity index (χ3v) is 3.28. The first-order valence-electron chi connectivity index (χ1n) is 6.44. The van der Waals surface area contributed by atoms with Gasteiger partial charge >= 0.3 is 0 Å². The molecule has 0 unspecified atom stereocenters. The molecule has 1 amide bonds. The number of ether oxygens (including phenoxy) is 2. The number of hydrogen-bond donors (Lipinski definition) is 1. The van der Waals surface area contributed by atoms with Crippen molar-refractivity contribution in [2.45, 2.75) is 13.0 Å². The van der Waals surface area contributed by atoms with Crippen LogP contribution in [0.3, 0.4) is 0 Å². The first-order chi connectivity index (χ1) is 9.24. The highest BCUT2D eigenvalue weighted by Crippen LogP contribution is 2.25. The largest absolute Gasteiger partial charge is 0.497 e. The first-order valence-corrected chi connectivity index (χ1v) is 6.44. The van der Waals surface area contributed by atoms with Gasteiger partial charge in [0.2, 0.25) is 5.91 Å². The predicted molar refractivity (Wildman–Crippen MR) is 72.4 cm³/mol. The third kappa shape index (κ3) is 3.38. The molecule has 0 aliphatic carbocycles. The molecule has 5 nitrogen and oxygen atoms in total. The van der Waals surface area contributed by atoms with Gasteiger partial charge in [0.05, 0.1) is 14.2 Å². The zero-order valence-corrected chi connectivity index (χ0v) is 11.4. The highest BCUT2D eigenvalue weighted by molar-refractivity contribution is 5.76. The summed E-state index contributed by atoms with van der Waals surface area (Å²) in [4.78, 5) is 13.8. The van der Waals surface area contributed by atoms with Crippen molar-refractivity contribution in [3.63, 3.8) is 0 Å². The second-order valence-electron chi connectivity index (χ2n) is 4.49. The summed E-state index contributed by atoms with van der Waals surface area (Å²) in [6.45, 7) is 2.90. The van der Waals surface area contributed by atoms with E-state index in [0.717, 1.165) is 36.7 Å². The van der Waals surface area contributed by atoms with Gasteiger partial charge in [-0.3, -0.25) is 4.79 Å². The molecule has 5 heteroatoms. The van der Waals surface area contributed by atoms with Crippen LogP contribution in [0.1, 0.15) is 12.0 Å². The maximum Gasteiger partial charge on any atom is 0.224 e. The minimum Gasteiger partial charge on any atom is -0.497 e. The normalized spacial score (nSPS) is 16.1. The Kier molecular flexibility index (Phi) is 4.63. The molecule has 1 aliphatic heterocycles. The molecule has 1 N–H and O–H groups in total. The van der Waals surface area contributed by atoms with Crippen LogP contribution in [0.4, 0.5) is 0 Å². The Balaban J connectivity index is 2.15. The fraction of sp³-hybridized carbons (Fsp3) is 0.500. The molecule has 2 rings (SSSR count). The number of carbonyl (C=O) groups excluding carboxylic acids is 1. The Bertz CT molecular complexity index is 448. The number of amides is 1. The lowest BCUT2D eigenvalue weighted by Crippen LogP contribution is -2.31. The van der Waals surface area contributed by atoms with E-state index in [9.17, 15) is 4.79 Å². The van der Waals surface area contributed by atoms with Gasteiger partial charge in [-0.15, -0.1) is 0 Å². The lowest BCUT2D eigenvalue weighted by molar-refractivity contribution is -0.130. The smallest absolute Gasteiger partial charge is 0.224 e. The van der Waals surface area contributed by atoms with E-state index in [-0.39, 0.29) is 5.91 Å². The molecule has 0 saturated carbocycles. The highest BCUT2D eigenvalue weighted by atomic mass is 16.5. The van der Waals surface area contributed by atoms with Crippen LogP contribution in [0, 0.1) is 0 Å². The topological polar surface area (TPSA) is 50.8 Å². The molecule has 0 radical (unpaired) electrons. The lowest BCUT2D eigenvalue weighted by Gasteiger charge is -2.21. The molecule has 1 fully saturated rings. The van der Waals surface area contributed by atoms with Crippen molar-refractivity contribution in [3.8, 4) is 11.5 Å². The second-order valence-corrected chi connectivity index (χ2v) is 4.49. The fourth-order valence-electron chi connectivity index (χ4n) is 2.17. The van der Waals surface area contributed by atoms with Crippen LogP contribution < -0.4 is 14.8 Å². The number of hydrogen-bond acceptors (Lipinski definition) is 4. The van der Waals surface area contributed by atoms with Gasteiger partial charge in [0.1, 0.15) is 11.5 Å². The van der Waals surface area contributed by atoms with Crippen LogP contribution in [0.5, 0.6) is 11.5 Å². The van der Waals surface area contributed by atoms with E-state index in [0.29, 0.717) is 13.0 Å². The number of rotatable bonds is 4. The maximum absolute atomic E-state index is 12.0. The molecular weight excluding hydrogens is 244 g/mol. The van der Waals surface area contributed by atoms with Gasteiger partial charge in [-0.25, -0.2) is 0 Å². The second kappa shape index (κ2) is 6.43. The molecule has 1 aromatic carbocycles. The van der Waals surface area contributed by atoms with Crippen molar-refractivity contribution in [1.82, 2.24) is 10.2 Å². The van der Waals surface area contributed by atoms with E-state index in [1.807, 2.05) is 23.1 Å². The summed E-state index contributed by atoms with van der Waals surface area (Å²) in [6.07, 6.45) is 0.554. The fourth-order valence-corrected chi connectivity index (χ4v) is 2.17. The van der Waals surface area contributed by atoms with Crippen molar-refractivity contribution in [3.05, 3.63) is 23.8 Å². The van der Waals surface area contributed by atoms with E-state index in [2.05, 4.69) is 5.32 Å². The minimum atomic E-state index is 0.183. The van der Waals surface area contributed by atoms with E-state index in [1.54, 1.807) is 14.2 Å². The summed E-state index contributed by atoms with van der Waals surface area (Å²) in [5, 5.41) is 3.23. The van der Waals surface area contributed by atoms with Gasteiger partial charge in [-0.1, -0.05) is 0 Å². The molecule has 19 heavy (non-hydrogen) atoms. The quantitative estimate of drug-likeness (QED) is 0.882. The van der Waals surface area contributed by atoms with Crippen LogP contribution in [-0.2, 0) is 11.3 Å².